The molecule has 104 valence electrons. The molecule has 0 aliphatic heterocycles. The van der Waals surface area contributed by atoms with Crippen molar-refractivity contribution in [2.24, 2.45) is 0 Å². The first-order chi connectivity index (χ1) is 9.10. The molecule has 1 aromatic carbocycles. The molecule has 1 unspecified atom stereocenters. The van der Waals surface area contributed by atoms with E-state index in [1.54, 1.807) is 25.1 Å². The molecule has 1 amide bonds. The van der Waals surface area contributed by atoms with Crippen LogP contribution in [0.1, 0.15) is 36.5 Å². The Morgan fingerprint density at radius 3 is 2.84 bits per heavy atom. The lowest BCUT2D eigenvalue weighted by Crippen LogP contribution is -2.35. The van der Waals surface area contributed by atoms with Crippen molar-refractivity contribution in [1.82, 2.24) is 5.32 Å². The van der Waals surface area contributed by atoms with Gasteiger partial charge in [-0.3, -0.25) is 4.79 Å². The molecule has 2 rings (SSSR count). The van der Waals surface area contributed by atoms with E-state index in [1.165, 1.54) is 6.42 Å². The number of carbonyl (C=O) groups is 1. The molecule has 19 heavy (non-hydrogen) atoms. The number of halogens is 1. The highest BCUT2D eigenvalue weighted by atomic mass is 35.5. The second-order valence-corrected chi connectivity index (χ2v) is 5.28. The van der Waals surface area contributed by atoms with Crippen molar-refractivity contribution in [3.8, 4) is 5.75 Å². The Kier molecular flexibility index (Phi) is 4.66. The maximum absolute atomic E-state index is 11.9. The van der Waals surface area contributed by atoms with Gasteiger partial charge >= 0.3 is 0 Å². The zero-order valence-corrected chi connectivity index (χ0v) is 11.6. The first-order valence-corrected chi connectivity index (χ1v) is 6.86. The highest BCUT2D eigenvalue weighted by molar-refractivity contribution is 6.34. The van der Waals surface area contributed by atoms with Crippen molar-refractivity contribution in [2.75, 3.05) is 6.61 Å². The quantitative estimate of drug-likeness (QED) is 0.872. The molecule has 0 aromatic heterocycles. The Morgan fingerprint density at radius 1 is 1.58 bits per heavy atom. The second-order valence-electron chi connectivity index (χ2n) is 4.87. The van der Waals surface area contributed by atoms with Crippen LogP contribution in [0.5, 0.6) is 5.75 Å². The number of hydrogen-bond acceptors (Lipinski definition) is 3. The van der Waals surface area contributed by atoms with Crippen LogP contribution in [0.15, 0.2) is 18.2 Å². The fraction of sp³-hybridized carbons (Fsp3) is 0.500. The predicted octanol–water partition coefficient (Wildman–Crippen LogP) is 2.38. The van der Waals surface area contributed by atoms with Gasteiger partial charge in [-0.1, -0.05) is 11.6 Å². The van der Waals surface area contributed by atoms with E-state index in [2.05, 4.69) is 5.32 Å². The molecule has 4 nitrogen and oxygen atoms in total. The van der Waals surface area contributed by atoms with Gasteiger partial charge in [-0.25, -0.2) is 0 Å². The maximum Gasteiger partial charge on any atom is 0.253 e. The van der Waals surface area contributed by atoms with Gasteiger partial charge in [0.1, 0.15) is 5.75 Å². The van der Waals surface area contributed by atoms with E-state index in [1.807, 2.05) is 0 Å². The molecule has 0 heterocycles. The normalized spacial score (nSPS) is 16.6. The van der Waals surface area contributed by atoms with Gasteiger partial charge in [0, 0.05) is 6.04 Å². The summed E-state index contributed by atoms with van der Waals surface area (Å²) in [7, 11) is 0. The van der Waals surface area contributed by atoms with Crippen molar-refractivity contribution in [1.29, 1.82) is 0 Å². The molecular weight excluding hydrogens is 266 g/mol. The molecule has 0 radical (unpaired) electrons. The molecule has 1 aliphatic carbocycles. The molecule has 1 fully saturated rings. The summed E-state index contributed by atoms with van der Waals surface area (Å²) in [6, 6.07) is 4.77. The van der Waals surface area contributed by atoms with Crippen molar-refractivity contribution in [3.63, 3.8) is 0 Å². The maximum atomic E-state index is 11.9. The number of rotatable bonds is 5. The minimum atomic E-state index is -0.297. The third kappa shape index (κ3) is 3.61. The Labute approximate surface area is 117 Å². The lowest BCUT2D eigenvalue weighted by molar-refractivity contribution is 0.0922. The third-order valence-electron chi connectivity index (χ3n) is 3.19. The van der Waals surface area contributed by atoms with Crippen molar-refractivity contribution >= 4 is 17.5 Å². The monoisotopic (exact) mass is 283 g/mol. The van der Waals surface area contributed by atoms with Gasteiger partial charge in [0.05, 0.1) is 23.3 Å². The lowest BCUT2D eigenvalue weighted by atomic mass is 9.96. The molecular formula is C14H18ClNO3. The molecule has 1 atom stereocenters. The SMILES string of the molecule is CC(CO)NC(=O)c1ccc(OC2CCC2)cc1Cl. The molecule has 5 heteroatoms. The summed E-state index contributed by atoms with van der Waals surface area (Å²) >= 11 is 6.09. The fourth-order valence-corrected chi connectivity index (χ4v) is 2.04. The van der Waals surface area contributed by atoms with E-state index in [0.29, 0.717) is 16.3 Å². The highest BCUT2D eigenvalue weighted by Crippen LogP contribution is 2.28. The average molecular weight is 284 g/mol. The number of amides is 1. The van der Waals surface area contributed by atoms with Crippen molar-refractivity contribution in [3.05, 3.63) is 28.8 Å². The zero-order chi connectivity index (χ0) is 13.8. The van der Waals surface area contributed by atoms with E-state index in [4.69, 9.17) is 21.4 Å². The van der Waals surface area contributed by atoms with E-state index < -0.39 is 0 Å². The summed E-state index contributed by atoms with van der Waals surface area (Å²) in [6.45, 7) is 1.62. The van der Waals surface area contributed by atoms with Crippen LogP contribution in [0.2, 0.25) is 5.02 Å². The Bertz CT molecular complexity index is 460. The number of aliphatic hydroxyl groups excluding tert-OH is 1. The van der Waals surface area contributed by atoms with Crippen LogP contribution < -0.4 is 10.1 Å². The van der Waals surface area contributed by atoms with Gasteiger partial charge in [-0.15, -0.1) is 0 Å². The van der Waals surface area contributed by atoms with Gasteiger partial charge < -0.3 is 15.2 Å². The Hall–Kier alpha value is -1.26. The number of hydrogen-bond donors (Lipinski definition) is 2. The molecule has 1 saturated carbocycles. The molecule has 0 spiro atoms. The average Bonchev–Trinajstić information content (AvgIpc) is 2.33. The molecule has 2 N–H and O–H groups in total. The van der Waals surface area contributed by atoms with Crippen LogP contribution in [-0.4, -0.2) is 29.8 Å². The van der Waals surface area contributed by atoms with Crippen molar-refractivity contribution in [2.45, 2.75) is 38.3 Å². The molecule has 1 aromatic rings. The third-order valence-corrected chi connectivity index (χ3v) is 3.50. The highest BCUT2D eigenvalue weighted by Gasteiger charge is 2.20. The van der Waals surface area contributed by atoms with E-state index in [9.17, 15) is 4.79 Å². The summed E-state index contributed by atoms with van der Waals surface area (Å²) < 4.78 is 5.71. The van der Waals surface area contributed by atoms with Gasteiger partial charge in [-0.05, 0) is 44.4 Å². The minimum Gasteiger partial charge on any atom is -0.490 e. The number of benzene rings is 1. The van der Waals surface area contributed by atoms with Crippen LogP contribution >= 0.6 is 11.6 Å². The van der Waals surface area contributed by atoms with E-state index >= 15 is 0 Å². The van der Waals surface area contributed by atoms with Crippen LogP contribution in [0.4, 0.5) is 0 Å². The lowest BCUT2D eigenvalue weighted by Gasteiger charge is -2.26. The van der Waals surface area contributed by atoms with Gasteiger partial charge in [0.15, 0.2) is 0 Å². The van der Waals surface area contributed by atoms with Crippen LogP contribution in [-0.2, 0) is 0 Å². The first-order valence-electron chi connectivity index (χ1n) is 6.48. The van der Waals surface area contributed by atoms with Gasteiger partial charge in [-0.2, -0.15) is 0 Å². The van der Waals surface area contributed by atoms with Crippen LogP contribution in [0.25, 0.3) is 0 Å². The molecule has 0 bridgehead atoms. The standard InChI is InChI=1S/C14H18ClNO3/c1-9(8-17)16-14(18)12-6-5-11(7-13(12)15)19-10-3-2-4-10/h5-7,9-10,17H,2-4,8H2,1H3,(H,16,18). The van der Waals surface area contributed by atoms with Gasteiger partial charge in [0.25, 0.3) is 5.91 Å². The van der Waals surface area contributed by atoms with Crippen molar-refractivity contribution < 1.29 is 14.6 Å². The summed E-state index contributed by atoms with van der Waals surface area (Å²) in [6.07, 6.45) is 3.64. The Morgan fingerprint density at radius 2 is 2.32 bits per heavy atom. The number of carbonyl (C=O) groups excluding carboxylic acids is 1. The molecule has 1 aliphatic rings. The predicted molar refractivity (Wildman–Crippen MR) is 73.7 cm³/mol. The van der Waals surface area contributed by atoms with E-state index in [-0.39, 0.29) is 24.7 Å². The second kappa shape index (κ2) is 6.26. The van der Waals surface area contributed by atoms with Crippen LogP contribution in [0.3, 0.4) is 0 Å². The topological polar surface area (TPSA) is 58.6 Å². The van der Waals surface area contributed by atoms with E-state index in [0.717, 1.165) is 12.8 Å². The van der Waals surface area contributed by atoms with Gasteiger partial charge in [0.2, 0.25) is 0 Å². The Balaban J connectivity index is 2.03. The fourth-order valence-electron chi connectivity index (χ4n) is 1.78. The molecule has 0 saturated heterocycles. The number of ether oxygens (including phenoxy) is 1. The zero-order valence-electron chi connectivity index (χ0n) is 10.9. The summed E-state index contributed by atoms with van der Waals surface area (Å²) in [5, 5.41) is 11.9. The summed E-state index contributed by atoms with van der Waals surface area (Å²) in [5.74, 6) is 0.406. The first kappa shape index (κ1) is 14.2. The summed E-state index contributed by atoms with van der Waals surface area (Å²) in [5.41, 5.74) is 0.392. The smallest absolute Gasteiger partial charge is 0.253 e. The minimum absolute atomic E-state index is 0.105. The number of nitrogens with one attached hydrogen (secondary N) is 1. The largest absolute Gasteiger partial charge is 0.490 e. The number of aliphatic hydroxyl groups is 1. The van der Waals surface area contributed by atoms with Crippen LogP contribution in [0, 0.1) is 0 Å². The summed E-state index contributed by atoms with van der Waals surface area (Å²) in [4.78, 5) is 11.9.